The Morgan fingerprint density at radius 2 is 2.12 bits per heavy atom. The van der Waals surface area contributed by atoms with Gasteiger partial charge in [0.2, 0.25) is 10.0 Å². The molecule has 1 aromatic heterocycles. The van der Waals surface area contributed by atoms with Gasteiger partial charge in [-0.3, -0.25) is 0 Å². The third kappa shape index (κ3) is 4.08. The number of benzene rings is 1. The minimum absolute atomic E-state index is 0.337. The van der Waals surface area contributed by atoms with Crippen LogP contribution in [0, 0.1) is 5.92 Å². The zero-order valence-corrected chi connectivity index (χ0v) is 15.8. The topological polar surface area (TPSA) is 62.3 Å². The predicted octanol–water partition coefficient (Wildman–Crippen LogP) is 3.83. The molecule has 24 heavy (non-hydrogen) atoms. The molecule has 0 atom stereocenters. The van der Waals surface area contributed by atoms with Crippen LogP contribution in [-0.4, -0.2) is 30.8 Å². The molecule has 3 rings (SSSR count). The number of rotatable bonds is 5. The molecule has 1 saturated heterocycles. The average molecular weight is 386 g/mol. The second kappa shape index (κ2) is 7.39. The van der Waals surface area contributed by atoms with Gasteiger partial charge in [-0.2, -0.15) is 4.31 Å². The summed E-state index contributed by atoms with van der Waals surface area (Å²) in [6.07, 6.45) is 3.56. The highest BCUT2D eigenvalue weighted by Crippen LogP contribution is 2.25. The van der Waals surface area contributed by atoms with Crippen LogP contribution in [0.2, 0.25) is 4.47 Å². The van der Waals surface area contributed by atoms with E-state index in [0.29, 0.717) is 34.9 Å². The molecular weight excluding hydrogens is 366 g/mol. The van der Waals surface area contributed by atoms with Gasteiger partial charge in [0.05, 0.1) is 11.4 Å². The SMILES string of the molecule is CC1CCN(S(=O)(=O)c2cccc(NCc3cnc(Cl)s3)c2)CC1. The number of halogens is 1. The molecule has 0 radical (unpaired) electrons. The molecule has 1 aromatic carbocycles. The van der Waals surface area contributed by atoms with E-state index >= 15 is 0 Å². The molecule has 0 saturated carbocycles. The van der Waals surface area contributed by atoms with Gasteiger partial charge >= 0.3 is 0 Å². The lowest BCUT2D eigenvalue weighted by Gasteiger charge is -2.29. The Bertz CT molecular complexity index is 799. The zero-order chi connectivity index (χ0) is 17.2. The third-order valence-corrected chi connectivity index (χ3v) is 7.22. The van der Waals surface area contributed by atoms with Gasteiger partial charge in [0.15, 0.2) is 4.47 Å². The van der Waals surface area contributed by atoms with E-state index in [1.807, 2.05) is 6.07 Å². The fourth-order valence-electron chi connectivity index (χ4n) is 2.70. The fourth-order valence-corrected chi connectivity index (χ4v) is 5.13. The van der Waals surface area contributed by atoms with Crippen LogP contribution >= 0.6 is 22.9 Å². The Morgan fingerprint density at radius 1 is 1.38 bits per heavy atom. The first-order valence-corrected chi connectivity index (χ1v) is 10.5. The number of hydrogen-bond donors (Lipinski definition) is 1. The van der Waals surface area contributed by atoms with Crippen molar-refractivity contribution in [1.82, 2.24) is 9.29 Å². The van der Waals surface area contributed by atoms with Gasteiger partial charge < -0.3 is 5.32 Å². The van der Waals surface area contributed by atoms with Crippen molar-refractivity contribution < 1.29 is 8.42 Å². The van der Waals surface area contributed by atoms with Gasteiger partial charge in [0.1, 0.15) is 0 Å². The number of aromatic nitrogens is 1. The molecule has 1 aliphatic heterocycles. The number of nitrogens with one attached hydrogen (secondary N) is 1. The second-order valence-electron chi connectivity index (χ2n) is 6.05. The maximum atomic E-state index is 12.8. The van der Waals surface area contributed by atoms with Crippen molar-refractivity contribution in [3.8, 4) is 0 Å². The summed E-state index contributed by atoms with van der Waals surface area (Å²) in [6.45, 7) is 3.93. The van der Waals surface area contributed by atoms with E-state index in [0.717, 1.165) is 23.4 Å². The van der Waals surface area contributed by atoms with Crippen molar-refractivity contribution in [1.29, 1.82) is 0 Å². The highest BCUT2D eigenvalue weighted by atomic mass is 35.5. The lowest BCUT2D eigenvalue weighted by atomic mass is 10.0. The second-order valence-corrected chi connectivity index (χ2v) is 9.68. The zero-order valence-electron chi connectivity index (χ0n) is 13.4. The normalized spacial score (nSPS) is 17.1. The maximum Gasteiger partial charge on any atom is 0.243 e. The standard InChI is InChI=1S/C16H20ClN3O2S2/c1-12-5-7-20(8-6-12)24(21,22)15-4-2-3-13(9-15)18-10-14-11-19-16(17)23-14/h2-4,9,11-12,18H,5-8,10H2,1H3. The minimum Gasteiger partial charge on any atom is -0.380 e. The van der Waals surface area contributed by atoms with Crippen LogP contribution in [0.4, 0.5) is 5.69 Å². The number of piperidine rings is 1. The van der Waals surface area contributed by atoms with Crippen molar-refractivity contribution in [2.75, 3.05) is 18.4 Å². The molecule has 0 aliphatic carbocycles. The van der Waals surface area contributed by atoms with E-state index in [9.17, 15) is 8.42 Å². The summed E-state index contributed by atoms with van der Waals surface area (Å²) < 4.78 is 27.7. The molecule has 130 valence electrons. The molecule has 1 N–H and O–H groups in total. The van der Waals surface area contributed by atoms with Crippen molar-refractivity contribution in [3.05, 3.63) is 39.8 Å². The molecule has 1 aliphatic rings. The molecular formula is C16H20ClN3O2S2. The molecule has 2 heterocycles. The van der Waals surface area contributed by atoms with Crippen molar-refractivity contribution in [2.45, 2.75) is 31.2 Å². The van der Waals surface area contributed by atoms with Crippen LogP contribution < -0.4 is 5.32 Å². The molecule has 0 bridgehead atoms. The van der Waals surface area contributed by atoms with E-state index in [4.69, 9.17) is 11.6 Å². The number of thiazole rings is 1. The molecule has 8 heteroatoms. The van der Waals surface area contributed by atoms with E-state index in [1.165, 1.54) is 11.3 Å². The maximum absolute atomic E-state index is 12.8. The first-order valence-electron chi connectivity index (χ1n) is 7.89. The summed E-state index contributed by atoms with van der Waals surface area (Å²) in [5.74, 6) is 0.593. The Hall–Kier alpha value is -1.15. The molecule has 5 nitrogen and oxygen atoms in total. The third-order valence-electron chi connectivity index (χ3n) is 4.21. The first-order chi connectivity index (χ1) is 11.4. The van der Waals surface area contributed by atoms with Gasteiger partial charge in [-0.05, 0) is 37.0 Å². The summed E-state index contributed by atoms with van der Waals surface area (Å²) in [7, 11) is -3.42. The van der Waals surface area contributed by atoms with Gasteiger partial charge in [-0.25, -0.2) is 13.4 Å². The number of hydrogen-bond acceptors (Lipinski definition) is 5. The molecule has 1 fully saturated rings. The van der Waals surface area contributed by atoms with E-state index in [1.54, 1.807) is 28.7 Å². The van der Waals surface area contributed by atoms with Gasteiger partial charge in [-0.1, -0.05) is 24.6 Å². The van der Waals surface area contributed by atoms with Crippen LogP contribution in [0.25, 0.3) is 0 Å². The van der Waals surface area contributed by atoms with Gasteiger partial charge in [0.25, 0.3) is 0 Å². The smallest absolute Gasteiger partial charge is 0.243 e. The lowest BCUT2D eigenvalue weighted by Crippen LogP contribution is -2.37. The highest BCUT2D eigenvalue weighted by Gasteiger charge is 2.28. The van der Waals surface area contributed by atoms with Crippen LogP contribution in [0.5, 0.6) is 0 Å². The molecule has 0 unspecified atom stereocenters. The average Bonchev–Trinajstić information content (AvgIpc) is 2.99. The van der Waals surface area contributed by atoms with Crippen LogP contribution in [0.1, 0.15) is 24.6 Å². The summed E-state index contributed by atoms with van der Waals surface area (Å²) in [5.41, 5.74) is 0.769. The highest BCUT2D eigenvalue weighted by molar-refractivity contribution is 7.89. The van der Waals surface area contributed by atoms with Crippen LogP contribution in [-0.2, 0) is 16.6 Å². The summed E-state index contributed by atoms with van der Waals surface area (Å²) in [6, 6.07) is 6.97. The van der Waals surface area contributed by atoms with Gasteiger partial charge in [-0.15, -0.1) is 11.3 Å². The van der Waals surface area contributed by atoms with Crippen LogP contribution in [0.3, 0.4) is 0 Å². The number of anilines is 1. The summed E-state index contributed by atoms with van der Waals surface area (Å²) in [4.78, 5) is 5.33. The fraction of sp³-hybridized carbons (Fsp3) is 0.438. The quantitative estimate of drug-likeness (QED) is 0.849. The predicted molar refractivity (Wildman–Crippen MR) is 98.0 cm³/mol. The Labute approximate surface area is 151 Å². The first kappa shape index (κ1) is 17.7. The number of nitrogens with zero attached hydrogens (tertiary/aromatic N) is 2. The van der Waals surface area contributed by atoms with Crippen molar-refractivity contribution in [3.63, 3.8) is 0 Å². The molecule has 0 amide bonds. The van der Waals surface area contributed by atoms with Crippen LogP contribution in [0.15, 0.2) is 35.4 Å². The van der Waals surface area contributed by atoms with E-state index in [2.05, 4.69) is 17.2 Å². The molecule has 0 spiro atoms. The Morgan fingerprint density at radius 3 is 2.79 bits per heavy atom. The van der Waals surface area contributed by atoms with Crippen molar-refractivity contribution in [2.24, 2.45) is 5.92 Å². The Balaban J connectivity index is 1.72. The summed E-state index contributed by atoms with van der Waals surface area (Å²) >= 11 is 7.22. The largest absolute Gasteiger partial charge is 0.380 e. The van der Waals surface area contributed by atoms with E-state index in [-0.39, 0.29) is 0 Å². The van der Waals surface area contributed by atoms with Crippen molar-refractivity contribution >= 4 is 38.6 Å². The summed E-state index contributed by atoms with van der Waals surface area (Å²) in [5, 5.41) is 3.23. The monoisotopic (exact) mass is 385 g/mol. The minimum atomic E-state index is -3.42. The van der Waals surface area contributed by atoms with Gasteiger partial charge in [0, 0.05) is 29.9 Å². The number of sulfonamides is 1. The van der Waals surface area contributed by atoms with E-state index < -0.39 is 10.0 Å². The lowest BCUT2D eigenvalue weighted by molar-refractivity contribution is 0.288. The Kier molecular flexibility index (Phi) is 5.44. The molecule has 2 aromatic rings.